The van der Waals surface area contributed by atoms with Crippen molar-refractivity contribution < 1.29 is 9.53 Å². The Balaban J connectivity index is 1.39. The number of nitrogens with one attached hydrogen (secondary N) is 1. The Morgan fingerprint density at radius 1 is 1.00 bits per heavy atom. The number of carbonyl (C=O) groups is 1. The fraction of sp³-hybridized carbons (Fsp3) is 0.391. The monoisotopic (exact) mass is 422 g/mol. The second-order valence-electron chi connectivity index (χ2n) is 7.82. The zero-order valence-corrected chi connectivity index (χ0v) is 17.8. The van der Waals surface area contributed by atoms with Crippen molar-refractivity contribution in [3.63, 3.8) is 0 Å². The molecule has 2 aromatic rings. The van der Waals surface area contributed by atoms with Crippen LogP contribution >= 0.6 is 11.8 Å². The molecular weight excluding hydrogens is 396 g/mol. The molecule has 7 heteroatoms. The van der Waals surface area contributed by atoms with E-state index in [1.165, 1.54) is 35.4 Å². The Bertz CT molecular complexity index is 966. The van der Waals surface area contributed by atoms with Crippen molar-refractivity contribution in [2.75, 3.05) is 44.3 Å². The molecule has 0 spiro atoms. The Kier molecular flexibility index (Phi) is 5.75. The number of hydrogen-bond donors (Lipinski definition) is 1. The normalized spacial score (nSPS) is 19.0. The molecule has 2 saturated heterocycles. The van der Waals surface area contributed by atoms with Crippen molar-refractivity contribution in [1.82, 2.24) is 10.4 Å². The standard InChI is InChI=1S/C23H26N4O2S/c28-23(25-27-11-13-29-14-12-27)17-7-8-22-19(15-17)24-16-18-20(5-4-6-21(18)30-22)26-9-2-1-3-10-26/h4-8,15-16H,1-3,9-14H2,(H,25,28). The van der Waals surface area contributed by atoms with Crippen LogP contribution in [-0.2, 0) is 4.74 Å². The average molecular weight is 423 g/mol. The highest BCUT2D eigenvalue weighted by atomic mass is 32.2. The van der Waals surface area contributed by atoms with Crippen molar-refractivity contribution in [3.8, 4) is 0 Å². The van der Waals surface area contributed by atoms with E-state index in [-0.39, 0.29) is 5.91 Å². The third-order valence-electron chi connectivity index (χ3n) is 5.78. The molecule has 156 valence electrons. The molecule has 0 atom stereocenters. The number of morpholine rings is 1. The third-order valence-corrected chi connectivity index (χ3v) is 6.93. The minimum atomic E-state index is -0.101. The molecule has 0 aromatic heterocycles. The van der Waals surface area contributed by atoms with Crippen LogP contribution in [0, 0.1) is 0 Å². The number of ether oxygens (including phenoxy) is 1. The predicted molar refractivity (Wildman–Crippen MR) is 120 cm³/mol. The van der Waals surface area contributed by atoms with Gasteiger partial charge in [-0.1, -0.05) is 17.8 Å². The molecule has 2 fully saturated rings. The van der Waals surface area contributed by atoms with Gasteiger partial charge in [0.15, 0.2) is 0 Å². The lowest BCUT2D eigenvalue weighted by atomic mass is 10.1. The second kappa shape index (κ2) is 8.79. The van der Waals surface area contributed by atoms with Gasteiger partial charge in [-0.15, -0.1) is 0 Å². The van der Waals surface area contributed by atoms with Crippen LogP contribution < -0.4 is 10.3 Å². The number of benzene rings is 2. The Morgan fingerprint density at radius 2 is 1.83 bits per heavy atom. The van der Waals surface area contributed by atoms with Gasteiger partial charge in [0.25, 0.3) is 5.91 Å². The van der Waals surface area contributed by atoms with E-state index >= 15 is 0 Å². The molecule has 3 aliphatic heterocycles. The zero-order chi connectivity index (χ0) is 20.3. The first kappa shape index (κ1) is 19.6. The number of hydrazine groups is 1. The molecule has 2 aromatic carbocycles. The van der Waals surface area contributed by atoms with E-state index < -0.39 is 0 Å². The van der Waals surface area contributed by atoms with Crippen LogP contribution in [0.1, 0.15) is 35.2 Å². The quantitative estimate of drug-likeness (QED) is 0.694. The van der Waals surface area contributed by atoms with E-state index in [0.29, 0.717) is 31.9 Å². The lowest BCUT2D eigenvalue weighted by molar-refractivity contribution is 0.0126. The maximum absolute atomic E-state index is 12.7. The smallest absolute Gasteiger partial charge is 0.265 e. The molecule has 0 aliphatic carbocycles. The fourth-order valence-electron chi connectivity index (χ4n) is 4.14. The molecule has 1 N–H and O–H groups in total. The number of anilines is 1. The van der Waals surface area contributed by atoms with Gasteiger partial charge >= 0.3 is 0 Å². The zero-order valence-electron chi connectivity index (χ0n) is 17.0. The van der Waals surface area contributed by atoms with Gasteiger partial charge in [0, 0.05) is 59.0 Å². The van der Waals surface area contributed by atoms with Crippen LogP contribution in [0.3, 0.4) is 0 Å². The lowest BCUT2D eigenvalue weighted by Crippen LogP contribution is -2.48. The molecule has 3 aliphatic rings. The van der Waals surface area contributed by atoms with Gasteiger partial charge in [-0.2, -0.15) is 0 Å². The number of hydrogen-bond acceptors (Lipinski definition) is 6. The summed E-state index contributed by atoms with van der Waals surface area (Å²) in [5.41, 5.74) is 6.89. The summed E-state index contributed by atoms with van der Waals surface area (Å²) >= 11 is 1.73. The third kappa shape index (κ3) is 4.10. The number of aliphatic imine (C=N–C) groups is 1. The molecule has 3 heterocycles. The van der Waals surface area contributed by atoms with Crippen molar-refractivity contribution in [2.24, 2.45) is 4.99 Å². The summed E-state index contributed by atoms with van der Waals surface area (Å²) in [4.78, 5) is 22.3. The minimum Gasteiger partial charge on any atom is -0.379 e. The van der Waals surface area contributed by atoms with E-state index in [2.05, 4.69) is 28.5 Å². The summed E-state index contributed by atoms with van der Waals surface area (Å²) in [6.07, 6.45) is 5.78. The van der Waals surface area contributed by atoms with Crippen LogP contribution in [0.4, 0.5) is 11.4 Å². The number of carbonyl (C=O) groups excluding carboxylic acids is 1. The van der Waals surface area contributed by atoms with E-state index in [0.717, 1.165) is 23.7 Å². The topological polar surface area (TPSA) is 57.2 Å². The van der Waals surface area contributed by atoms with Crippen molar-refractivity contribution in [1.29, 1.82) is 0 Å². The van der Waals surface area contributed by atoms with Crippen LogP contribution in [0.2, 0.25) is 0 Å². The fourth-order valence-corrected chi connectivity index (χ4v) is 5.15. The molecule has 0 saturated carbocycles. The van der Waals surface area contributed by atoms with Crippen LogP contribution in [0.25, 0.3) is 0 Å². The van der Waals surface area contributed by atoms with Gasteiger partial charge in [0.2, 0.25) is 0 Å². The summed E-state index contributed by atoms with van der Waals surface area (Å²) in [7, 11) is 0. The van der Waals surface area contributed by atoms with Crippen LogP contribution in [0.5, 0.6) is 0 Å². The molecule has 0 unspecified atom stereocenters. The van der Waals surface area contributed by atoms with Gasteiger partial charge in [-0.25, -0.2) is 5.01 Å². The lowest BCUT2D eigenvalue weighted by Gasteiger charge is -2.30. The summed E-state index contributed by atoms with van der Waals surface area (Å²) in [6, 6.07) is 12.3. The molecule has 5 rings (SSSR count). The number of nitrogens with zero attached hydrogens (tertiary/aromatic N) is 3. The summed E-state index contributed by atoms with van der Waals surface area (Å²) < 4.78 is 5.34. The van der Waals surface area contributed by atoms with Gasteiger partial charge in [-0.3, -0.25) is 15.2 Å². The summed E-state index contributed by atoms with van der Waals surface area (Å²) in [5, 5.41) is 1.91. The highest BCUT2D eigenvalue weighted by Gasteiger charge is 2.20. The second-order valence-corrected chi connectivity index (χ2v) is 8.90. The average Bonchev–Trinajstić information content (AvgIpc) is 2.99. The van der Waals surface area contributed by atoms with E-state index in [9.17, 15) is 4.79 Å². The molecule has 6 nitrogen and oxygen atoms in total. The SMILES string of the molecule is O=C(NN1CCOCC1)c1ccc2c(c1)N=Cc1c(cccc1N1CCCCC1)S2. The molecule has 30 heavy (non-hydrogen) atoms. The van der Waals surface area contributed by atoms with E-state index in [4.69, 9.17) is 9.73 Å². The van der Waals surface area contributed by atoms with Crippen molar-refractivity contribution >= 4 is 35.3 Å². The van der Waals surface area contributed by atoms with E-state index in [1.807, 2.05) is 29.4 Å². The maximum Gasteiger partial charge on any atom is 0.265 e. The van der Waals surface area contributed by atoms with E-state index in [1.54, 1.807) is 11.8 Å². The number of rotatable bonds is 3. The first-order valence-corrected chi connectivity index (χ1v) is 11.5. The maximum atomic E-state index is 12.7. The molecule has 1 amide bonds. The first-order chi connectivity index (χ1) is 14.8. The Labute approximate surface area is 181 Å². The van der Waals surface area contributed by atoms with Gasteiger partial charge in [0.05, 0.1) is 18.9 Å². The van der Waals surface area contributed by atoms with Gasteiger partial charge in [-0.05, 0) is 49.6 Å². The van der Waals surface area contributed by atoms with Crippen molar-refractivity contribution in [2.45, 2.75) is 29.1 Å². The largest absolute Gasteiger partial charge is 0.379 e. The Hall–Kier alpha value is -2.35. The van der Waals surface area contributed by atoms with Crippen LogP contribution in [0.15, 0.2) is 51.2 Å². The number of piperidine rings is 1. The molecular formula is C23H26N4O2S. The molecule has 0 radical (unpaired) electrons. The number of amides is 1. The van der Waals surface area contributed by atoms with Gasteiger partial charge in [0.1, 0.15) is 0 Å². The summed E-state index contributed by atoms with van der Waals surface area (Å²) in [5.74, 6) is -0.101. The van der Waals surface area contributed by atoms with Crippen molar-refractivity contribution in [3.05, 3.63) is 47.5 Å². The Morgan fingerprint density at radius 3 is 2.67 bits per heavy atom. The summed E-state index contributed by atoms with van der Waals surface area (Å²) in [6.45, 7) is 4.91. The number of fused-ring (bicyclic) bond motifs is 2. The minimum absolute atomic E-state index is 0.101. The predicted octanol–water partition coefficient (Wildman–Crippen LogP) is 3.87. The van der Waals surface area contributed by atoms with Crippen LogP contribution in [-0.4, -0.2) is 56.5 Å². The first-order valence-electron chi connectivity index (χ1n) is 10.7. The highest BCUT2D eigenvalue weighted by Crippen LogP contribution is 2.42. The van der Waals surface area contributed by atoms with Gasteiger partial charge < -0.3 is 9.64 Å². The molecule has 0 bridgehead atoms. The highest BCUT2D eigenvalue weighted by molar-refractivity contribution is 7.99.